The fourth-order valence-corrected chi connectivity index (χ4v) is 10.7. The van der Waals surface area contributed by atoms with Crippen LogP contribution in [0.15, 0.2) is 0 Å². The van der Waals surface area contributed by atoms with Crippen molar-refractivity contribution in [3.63, 3.8) is 0 Å². The highest BCUT2D eigenvalue weighted by Crippen LogP contribution is 2.09. The monoisotopic (exact) mass is 1740 g/mol. The second-order valence-corrected chi connectivity index (χ2v) is 26.6. The zero-order valence-electron chi connectivity index (χ0n) is 72.4. The smallest absolute Gasteiger partial charge is 0.243 e. The lowest BCUT2D eigenvalue weighted by Crippen LogP contribution is -2.54. The summed E-state index contributed by atoms with van der Waals surface area (Å²) in [5, 5.41) is 0. The number of primary amides is 1. The SMILES string of the molecule is C#CCN(CC(N)=O)C(=O)CN(CCN)C(=O)CN(CCOCCOCCOC)C(=O)CN(CCN)C(=O)CN(CCOCCOCCOC)C(=O)CN(CCN)C(=O)CN(CCOCCOCCOC)C(=O)CN(CCN)C(=O)CN(CCOCCOCCOC)C(=O)CN(CCN)C(=O)CN(CCOCCOCCOC)C(=O)CN(C)CCN. The molecule has 0 saturated heterocycles. The summed E-state index contributed by atoms with van der Waals surface area (Å²) in [4.78, 5) is 185. The number of hydrogen-bond acceptors (Lipinski definition) is 34. The second kappa shape index (κ2) is 76.0. The van der Waals surface area contributed by atoms with Crippen molar-refractivity contribution in [2.45, 2.75) is 0 Å². The van der Waals surface area contributed by atoms with Crippen LogP contribution < -0.4 is 40.1 Å². The molecule has 12 amide bonds. The number of rotatable bonds is 82. The molecule has 0 aliphatic rings. The molecule has 0 spiro atoms. The number of methoxy groups -OCH3 is 5. The number of nitrogens with two attached hydrogens (primary N) is 7. The number of ether oxygens (including phenoxy) is 15. The molecule has 0 aromatic rings. The van der Waals surface area contributed by atoms with Gasteiger partial charge in [-0.2, -0.15) is 0 Å². The van der Waals surface area contributed by atoms with Crippen LogP contribution in [0.25, 0.3) is 0 Å². The van der Waals surface area contributed by atoms with Crippen molar-refractivity contribution in [3.8, 4) is 12.3 Å². The van der Waals surface area contributed by atoms with Gasteiger partial charge in [0.15, 0.2) is 0 Å². The summed E-state index contributed by atoms with van der Waals surface area (Å²) >= 11 is 0. The van der Waals surface area contributed by atoms with E-state index in [4.69, 9.17) is 118 Å². The van der Waals surface area contributed by atoms with E-state index < -0.39 is 143 Å². The minimum Gasteiger partial charge on any atom is -0.382 e. The van der Waals surface area contributed by atoms with Crippen molar-refractivity contribution >= 4 is 70.9 Å². The van der Waals surface area contributed by atoms with Crippen molar-refractivity contribution in [1.82, 2.24) is 58.8 Å². The molecule has 0 atom stereocenters. The van der Waals surface area contributed by atoms with Crippen molar-refractivity contribution in [3.05, 3.63) is 0 Å². The Labute approximate surface area is 712 Å². The summed E-state index contributed by atoms with van der Waals surface area (Å²) in [6, 6.07) is 0. The van der Waals surface area contributed by atoms with E-state index in [0.29, 0.717) is 46.2 Å². The third kappa shape index (κ3) is 56.7. The van der Waals surface area contributed by atoms with Gasteiger partial charge in [0.25, 0.3) is 0 Å². The predicted octanol–water partition coefficient (Wildman–Crippen LogP) is -10.7. The molecule has 121 heavy (non-hydrogen) atoms. The quantitative estimate of drug-likeness (QED) is 0.0220. The van der Waals surface area contributed by atoms with E-state index in [-0.39, 0.29) is 243 Å². The molecule has 0 unspecified atom stereocenters. The highest BCUT2D eigenvalue weighted by molar-refractivity contribution is 5.95. The molecule has 0 aromatic heterocycles. The van der Waals surface area contributed by atoms with E-state index in [2.05, 4.69) is 5.92 Å². The number of nitrogens with zero attached hydrogens (tertiary/aromatic N) is 12. The van der Waals surface area contributed by atoms with Gasteiger partial charge in [0.1, 0.15) is 6.54 Å². The standard InChI is InChI=1S/C75H143N19O27/c1-8-15-84(52-64(82)95)66(97)54-85(17-10-77)68(99)60-91(23-28-113-43-48-118-38-33-108-4)73(104)56-87(19-12-79)70(101)62-93(25-30-115-45-50-120-40-35-110-6)75(106)58-89(21-14-81)71(102)63-94(26-31-116-46-51-121-41-36-111-7)74(105)57-88(20-13-80)69(100)61-92(24-29-114-44-49-119-39-34-109-5)72(103)55-86(18-11-78)67(98)59-90(65(96)53-83(2)16-9-76)22-27-112-42-47-117-37-32-107-3/h1H,9-63,76-81H2,2-7H3,(H2,82,95). The van der Waals surface area contributed by atoms with Gasteiger partial charge in [-0.05, 0) is 7.05 Å². The van der Waals surface area contributed by atoms with E-state index in [9.17, 15) is 57.5 Å². The van der Waals surface area contributed by atoms with Gasteiger partial charge >= 0.3 is 0 Å². The fourth-order valence-electron chi connectivity index (χ4n) is 10.7. The number of terminal acetylenes is 1. The lowest BCUT2D eigenvalue weighted by molar-refractivity contribution is -0.149. The third-order valence-electron chi connectivity index (χ3n) is 17.2. The van der Waals surface area contributed by atoms with Crippen LogP contribution in [0.3, 0.4) is 0 Å². The molecule has 0 rings (SSSR count). The summed E-state index contributed by atoms with van der Waals surface area (Å²) in [7, 11) is 9.29. The maximum atomic E-state index is 14.9. The Balaban J connectivity index is 7.59. The van der Waals surface area contributed by atoms with E-state index in [1.54, 1.807) is 19.1 Å². The Hall–Kier alpha value is -7.68. The summed E-state index contributed by atoms with van der Waals surface area (Å²) in [6.07, 6.45) is 5.45. The zero-order valence-corrected chi connectivity index (χ0v) is 72.4. The van der Waals surface area contributed by atoms with Crippen LogP contribution in [0.4, 0.5) is 0 Å². The molecule has 0 aliphatic carbocycles. The van der Waals surface area contributed by atoms with Gasteiger partial charge in [-0.1, -0.05) is 5.92 Å². The minimum absolute atomic E-state index is 0.0108. The first-order valence-electron chi connectivity index (χ1n) is 40.3. The average Bonchev–Trinajstić information content (AvgIpc) is 0.858. The Morgan fingerprint density at radius 1 is 0.223 bits per heavy atom. The van der Waals surface area contributed by atoms with Crippen molar-refractivity contribution in [2.24, 2.45) is 40.1 Å². The lowest BCUT2D eigenvalue weighted by atomic mass is 10.3. The maximum Gasteiger partial charge on any atom is 0.243 e. The Morgan fingerprint density at radius 2 is 0.380 bits per heavy atom. The normalized spacial score (nSPS) is 11.1. The molecule has 0 radical (unpaired) electrons. The Kier molecular flexibility index (Phi) is 71.2. The zero-order chi connectivity index (χ0) is 90.1. The molecule has 14 N–H and O–H groups in total. The first-order valence-corrected chi connectivity index (χ1v) is 40.3. The second-order valence-electron chi connectivity index (χ2n) is 26.6. The Bertz CT molecular complexity index is 2870. The molecular weight excluding hydrogens is 1600 g/mol. The highest BCUT2D eigenvalue weighted by Gasteiger charge is 2.33. The largest absolute Gasteiger partial charge is 0.382 e. The summed E-state index contributed by atoms with van der Waals surface area (Å²) in [5.74, 6) is -6.75. The predicted molar refractivity (Wildman–Crippen MR) is 440 cm³/mol. The van der Waals surface area contributed by atoms with Crippen LogP contribution in [0.1, 0.15) is 0 Å². The van der Waals surface area contributed by atoms with Crippen LogP contribution in [0.2, 0.25) is 0 Å². The molecule has 46 heteroatoms. The van der Waals surface area contributed by atoms with Crippen molar-refractivity contribution in [1.29, 1.82) is 0 Å². The van der Waals surface area contributed by atoms with E-state index in [1.807, 2.05) is 0 Å². The molecular formula is C75H143N19O27. The summed E-state index contributed by atoms with van der Waals surface area (Å²) in [5.41, 5.74) is 41.3. The first-order chi connectivity index (χ1) is 58.4. The van der Waals surface area contributed by atoms with Gasteiger partial charge in [-0.3, -0.25) is 62.4 Å². The van der Waals surface area contributed by atoms with Crippen LogP contribution >= 0.6 is 0 Å². The summed E-state index contributed by atoms with van der Waals surface area (Å²) < 4.78 is 81.6. The third-order valence-corrected chi connectivity index (χ3v) is 17.2. The molecule has 0 bridgehead atoms. The van der Waals surface area contributed by atoms with Gasteiger partial charge < -0.3 is 165 Å². The number of hydrogen-bond donors (Lipinski definition) is 7. The lowest BCUT2D eigenvalue weighted by Gasteiger charge is -2.33. The number of carbonyl (C=O) groups excluding carboxylic acids is 12. The minimum atomic E-state index is -0.862. The molecule has 0 aromatic carbocycles. The van der Waals surface area contributed by atoms with Gasteiger partial charge in [0.05, 0.1) is 244 Å². The first kappa shape index (κ1) is 113. The van der Waals surface area contributed by atoms with E-state index in [0.717, 1.165) is 49.0 Å². The number of likely N-dealkylation sites (N-methyl/N-ethyl adjacent to an activating group) is 1. The van der Waals surface area contributed by atoms with Gasteiger partial charge in [0, 0.05) is 147 Å². The van der Waals surface area contributed by atoms with Crippen molar-refractivity contribution in [2.75, 3.05) is 404 Å². The molecule has 46 nitrogen and oxygen atoms in total. The van der Waals surface area contributed by atoms with E-state index in [1.165, 1.54) is 33.3 Å². The van der Waals surface area contributed by atoms with Gasteiger partial charge in [-0.25, -0.2) is 0 Å². The average molecular weight is 1740 g/mol. The van der Waals surface area contributed by atoms with Gasteiger partial charge in [-0.15, -0.1) is 6.42 Å². The van der Waals surface area contributed by atoms with Crippen molar-refractivity contribution < 1.29 is 129 Å². The maximum absolute atomic E-state index is 14.9. The van der Waals surface area contributed by atoms with Crippen LogP contribution in [-0.4, -0.2) is 534 Å². The Morgan fingerprint density at radius 3 is 0.545 bits per heavy atom. The number of amides is 12. The molecule has 0 heterocycles. The van der Waals surface area contributed by atoms with Gasteiger partial charge in [0.2, 0.25) is 70.9 Å². The van der Waals surface area contributed by atoms with Crippen LogP contribution in [0, 0.1) is 12.3 Å². The summed E-state index contributed by atoms with van der Waals surface area (Å²) in [6.45, 7) is -6.17. The molecule has 0 fully saturated rings. The number of carbonyl (C=O) groups is 12. The molecule has 0 aliphatic heterocycles. The van der Waals surface area contributed by atoms with Crippen LogP contribution in [0.5, 0.6) is 0 Å². The van der Waals surface area contributed by atoms with Crippen LogP contribution in [-0.2, 0) is 129 Å². The highest BCUT2D eigenvalue weighted by atomic mass is 16.6. The van der Waals surface area contributed by atoms with E-state index >= 15 is 0 Å². The fraction of sp³-hybridized carbons (Fsp3) is 0.813. The molecule has 0 saturated carbocycles. The molecule has 700 valence electrons. The topological polar surface area (TPSA) is 564 Å².